The summed E-state index contributed by atoms with van der Waals surface area (Å²) in [6.07, 6.45) is -0.0224. The summed E-state index contributed by atoms with van der Waals surface area (Å²) < 4.78 is 11.4. The number of nitrogens with one attached hydrogen (secondary N) is 1. The highest BCUT2D eigenvalue weighted by atomic mass is 16.6. The van der Waals surface area contributed by atoms with Crippen LogP contribution >= 0.6 is 0 Å². The van der Waals surface area contributed by atoms with Crippen molar-refractivity contribution in [2.75, 3.05) is 11.9 Å². The molecule has 2 aliphatic heterocycles. The molecule has 3 aliphatic rings. The van der Waals surface area contributed by atoms with Crippen molar-refractivity contribution in [3.05, 3.63) is 75.8 Å². The lowest BCUT2D eigenvalue weighted by Crippen LogP contribution is -2.48. The van der Waals surface area contributed by atoms with Crippen LogP contribution in [0.4, 0.5) is 5.69 Å². The molecule has 2 heterocycles. The summed E-state index contributed by atoms with van der Waals surface area (Å²) in [4.78, 5) is 38.8. The van der Waals surface area contributed by atoms with Gasteiger partial charge in [0.25, 0.3) is 0 Å². The predicted octanol–water partition coefficient (Wildman–Crippen LogP) is 4.11. The van der Waals surface area contributed by atoms with Gasteiger partial charge in [0, 0.05) is 35.6 Å². The molecule has 1 aliphatic carbocycles. The molecule has 1 saturated heterocycles. The zero-order valence-electron chi connectivity index (χ0n) is 17.7. The van der Waals surface area contributed by atoms with Crippen molar-refractivity contribution in [2.24, 2.45) is 0 Å². The third-order valence-corrected chi connectivity index (χ3v) is 6.73. The van der Waals surface area contributed by atoms with Crippen LogP contribution in [0.15, 0.2) is 42.5 Å². The second-order valence-electron chi connectivity index (χ2n) is 8.78. The van der Waals surface area contributed by atoms with Gasteiger partial charge in [0.2, 0.25) is 0 Å². The Morgan fingerprint density at radius 1 is 1.03 bits per heavy atom. The lowest BCUT2D eigenvalue weighted by atomic mass is 9.77. The van der Waals surface area contributed by atoms with E-state index in [0.717, 1.165) is 21.9 Å². The van der Waals surface area contributed by atoms with Gasteiger partial charge >= 0.3 is 5.97 Å². The van der Waals surface area contributed by atoms with Crippen molar-refractivity contribution in [3.63, 3.8) is 0 Å². The maximum Gasteiger partial charge on any atom is 0.303 e. The minimum atomic E-state index is -0.443. The van der Waals surface area contributed by atoms with E-state index in [1.165, 1.54) is 6.92 Å². The Bertz CT molecular complexity index is 1360. The van der Waals surface area contributed by atoms with E-state index in [4.69, 9.17) is 9.47 Å². The third-order valence-electron chi connectivity index (χ3n) is 6.73. The molecule has 3 aromatic carbocycles. The van der Waals surface area contributed by atoms with E-state index in [9.17, 15) is 14.4 Å². The minimum Gasteiger partial charge on any atom is -0.458 e. The van der Waals surface area contributed by atoms with Crippen molar-refractivity contribution in [2.45, 2.75) is 38.5 Å². The van der Waals surface area contributed by atoms with E-state index in [2.05, 4.69) is 5.32 Å². The highest BCUT2D eigenvalue weighted by molar-refractivity contribution is 6.33. The molecular formula is C26H21NO5. The van der Waals surface area contributed by atoms with E-state index in [0.29, 0.717) is 41.0 Å². The number of rotatable bonds is 1. The van der Waals surface area contributed by atoms with Crippen molar-refractivity contribution >= 4 is 34.0 Å². The van der Waals surface area contributed by atoms with Gasteiger partial charge in [-0.15, -0.1) is 0 Å². The van der Waals surface area contributed by atoms with E-state index in [1.54, 1.807) is 12.1 Å². The van der Waals surface area contributed by atoms with Crippen LogP contribution in [-0.4, -0.2) is 36.3 Å². The van der Waals surface area contributed by atoms with Crippen LogP contribution in [0, 0.1) is 6.92 Å². The Morgan fingerprint density at radius 2 is 1.78 bits per heavy atom. The van der Waals surface area contributed by atoms with E-state index in [1.807, 2.05) is 37.3 Å². The summed E-state index contributed by atoms with van der Waals surface area (Å²) in [6.45, 7) is 3.66. The molecule has 3 atom stereocenters. The molecule has 0 radical (unpaired) electrons. The first-order chi connectivity index (χ1) is 15.4. The molecule has 6 nitrogen and oxygen atoms in total. The molecule has 0 saturated carbocycles. The molecule has 0 amide bonds. The molecule has 2 bridgehead atoms. The molecular weight excluding hydrogens is 406 g/mol. The van der Waals surface area contributed by atoms with Crippen molar-refractivity contribution in [1.82, 2.24) is 0 Å². The quantitative estimate of drug-likeness (QED) is 0.461. The number of ether oxygens (including phenoxy) is 2. The van der Waals surface area contributed by atoms with Crippen LogP contribution in [0.3, 0.4) is 0 Å². The van der Waals surface area contributed by atoms with Gasteiger partial charge in [0.1, 0.15) is 6.10 Å². The summed E-state index contributed by atoms with van der Waals surface area (Å²) in [5, 5.41) is 5.14. The summed E-state index contributed by atoms with van der Waals surface area (Å²) in [5.74, 6) is -0.700. The Hall–Kier alpha value is -3.51. The maximum absolute atomic E-state index is 13.7. The second-order valence-corrected chi connectivity index (χ2v) is 8.78. The van der Waals surface area contributed by atoms with Crippen LogP contribution < -0.4 is 5.32 Å². The number of carbonyl (C=O) groups is 3. The van der Waals surface area contributed by atoms with Gasteiger partial charge in [0.15, 0.2) is 11.6 Å². The second kappa shape index (κ2) is 6.74. The number of fused-ring (bicyclic) bond motifs is 9. The first-order valence-corrected chi connectivity index (χ1v) is 10.8. The molecule has 1 fully saturated rings. The van der Waals surface area contributed by atoms with E-state index >= 15 is 0 Å². The largest absolute Gasteiger partial charge is 0.458 e. The zero-order valence-corrected chi connectivity index (χ0v) is 17.7. The monoisotopic (exact) mass is 427 g/mol. The lowest BCUT2D eigenvalue weighted by molar-refractivity contribution is -0.158. The number of carbonyl (C=O) groups excluding carboxylic acids is 3. The summed E-state index contributed by atoms with van der Waals surface area (Å²) >= 11 is 0. The first kappa shape index (κ1) is 19.2. The number of hydrogen-bond acceptors (Lipinski definition) is 6. The SMILES string of the molecule is CC(=O)O[C@H]1CO[C@@H]2C[C@H]1Nc1c2ccc2c1C(=O)c1ccc3cc(C)ccc3c1C2=O. The molecule has 160 valence electrons. The van der Waals surface area contributed by atoms with E-state index < -0.39 is 6.10 Å². The Kier molecular flexibility index (Phi) is 4.04. The normalized spacial score (nSPS) is 23.1. The number of hydrogen-bond donors (Lipinski definition) is 1. The fourth-order valence-corrected chi connectivity index (χ4v) is 5.28. The van der Waals surface area contributed by atoms with Gasteiger partial charge < -0.3 is 14.8 Å². The standard InChI is InChI=1S/C26H21NO5/c1-12-3-5-15-14(9-12)4-6-17-22(15)25(29)18-8-7-16-20-10-19(21(11-31-20)32-13(2)28)27-24(16)23(18)26(17)30/h3-9,19-21,27H,10-11H2,1-2H3/t19-,20-,21+/m1/s1. The zero-order chi connectivity index (χ0) is 22.1. The molecule has 6 heteroatoms. The Balaban J connectivity index is 1.51. The van der Waals surface area contributed by atoms with Crippen LogP contribution in [0.2, 0.25) is 0 Å². The minimum absolute atomic E-state index is 0.151. The van der Waals surface area contributed by atoms with Crippen LogP contribution in [-0.2, 0) is 14.3 Å². The lowest BCUT2D eigenvalue weighted by Gasteiger charge is -2.42. The number of benzene rings is 3. The summed E-state index contributed by atoms with van der Waals surface area (Å²) in [7, 11) is 0. The van der Waals surface area contributed by atoms with Gasteiger partial charge in [-0.1, -0.05) is 35.9 Å². The van der Waals surface area contributed by atoms with E-state index in [-0.39, 0.29) is 29.7 Å². The first-order valence-electron chi connectivity index (χ1n) is 10.8. The van der Waals surface area contributed by atoms with Crippen molar-refractivity contribution in [3.8, 4) is 0 Å². The highest BCUT2D eigenvalue weighted by Crippen LogP contribution is 2.45. The van der Waals surface area contributed by atoms with Crippen LogP contribution in [0.25, 0.3) is 10.8 Å². The summed E-state index contributed by atoms with van der Waals surface area (Å²) in [5.41, 5.74) is 4.24. The maximum atomic E-state index is 13.7. The van der Waals surface area contributed by atoms with Gasteiger partial charge in [-0.25, -0.2) is 0 Å². The highest BCUT2D eigenvalue weighted by Gasteiger charge is 2.43. The van der Waals surface area contributed by atoms with Crippen molar-refractivity contribution in [1.29, 1.82) is 0 Å². The van der Waals surface area contributed by atoms with Gasteiger partial charge in [-0.05, 0) is 29.8 Å². The topological polar surface area (TPSA) is 81.7 Å². The number of esters is 1. The predicted molar refractivity (Wildman–Crippen MR) is 118 cm³/mol. The number of aryl methyl sites for hydroxylation is 1. The van der Waals surface area contributed by atoms with Gasteiger partial charge in [-0.2, -0.15) is 0 Å². The molecule has 0 aromatic heterocycles. The summed E-state index contributed by atoms with van der Waals surface area (Å²) in [6, 6.07) is 13.0. The smallest absolute Gasteiger partial charge is 0.303 e. The van der Waals surface area contributed by atoms with Crippen LogP contribution in [0.5, 0.6) is 0 Å². The third kappa shape index (κ3) is 2.66. The average molecular weight is 427 g/mol. The van der Waals surface area contributed by atoms with Gasteiger partial charge in [0.05, 0.1) is 30.0 Å². The Labute approximate surface area is 184 Å². The molecule has 6 rings (SSSR count). The average Bonchev–Trinajstić information content (AvgIpc) is 2.77. The Morgan fingerprint density at radius 3 is 2.59 bits per heavy atom. The molecule has 0 unspecified atom stereocenters. The number of ketones is 2. The van der Waals surface area contributed by atoms with Crippen molar-refractivity contribution < 1.29 is 23.9 Å². The van der Waals surface area contributed by atoms with Crippen LogP contribution in [0.1, 0.15) is 62.4 Å². The fourth-order valence-electron chi connectivity index (χ4n) is 5.28. The van der Waals surface area contributed by atoms with Gasteiger partial charge in [-0.3, -0.25) is 14.4 Å². The molecule has 1 N–H and O–H groups in total. The number of anilines is 1. The molecule has 0 spiro atoms. The molecule has 32 heavy (non-hydrogen) atoms. The molecule has 3 aromatic rings. The fraction of sp³-hybridized carbons (Fsp3) is 0.269.